The van der Waals surface area contributed by atoms with Crippen molar-refractivity contribution in [2.45, 2.75) is 0 Å². The van der Waals surface area contributed by atoms with Crippen molar-refractivity contribution in [2.75, 3.05) is 0 Å². The van der Waals surface area contributed by atoms with Gasteiger partial charge in [0.05, 0.1) is 0 Å². The van der Waals surface area contributed by atoms with E-state index in [0.717, 1.165) is 0 Å². The first-order valence-electron chi connectivity index (χ1n) is 0. The van der Waals surface area contributed by atoms with Gasteiger partial charge in [0, 0.05) is 31.7 Å². The summed E-state index contributed by atoms with van der Waals surface area (Å²) in [5.74, 6) is 0. The molecule has 0 fully saturated rings. The van der Waals surface area contributed by atoms with Crippen LogP contribution in [0.15, 0.2) is 0 Å². The monoisotopic (exact) mass is 405 g/mol. The van der Waals surface area contributed by atoms with Crippen molar-refractivity contribution in [1.29, 1.82) is 0 Å². The summed E-state index contributed by atoms with van der Waals surface area (Å²) in [4.78, 5) is 0. The Morgan fingerprint density at radius 2 is 1.00 bits per heavy atom. The van der Waals surface area contributed by atoms with E-state index in [-0.39, 0.29) is 132 Å². The van der Waals surface area contributed by atoms with Crippen molar-refractivity contribution in [3.8, 4) is 0 Å². The van der Waals surface area contributed by atoms with Gasteiger partial charge < -0.3 is 0 Å². The quantitative estimate of drug-likeness (QED) is 0.416. The van der Waals surface area contributed by atoms with Crippen LogP contribution in [0.1, 0.15) is 0 Å². The summed E-state index contributed by atoms with van der Waals surface area (Å²) in [5.41, 5.74) is 0. The van der Waals surface area contributed by atoms with E-state index in [1.807, 2.05) is 0 Å². The third kappa shape index (κ3) is 9.41. The summed E-state index contributed by atoms with van der Waals surface area (Å²) in [7, 11) is 0. The van der Waals surface area contributed by atoms with Crippen LogP contribution in [0.5, 0.6) is 0 Å². The molecule has 0 rings (SSSR count). The average molecular weight is 404 g/mol. The Morgan fingerprint density at radius 1 is 1.00 bits per heavy atom. The van der Waals surface area contributed by atoms with Crippen molar-refractivity contribution < 1.29 is 5.48 Å². The predicted molar refractivity (Wildman–Crippen MR) is 22.1 cm³/mol. The molecule has 4 heteroatoms. The molecule has 17 valence electrons. The van der Waals surface area contributed by atoms with E-state index >= 15 is 0 Å². The first kappa shape index (κ1) is 24.4. The van der Waals surface area contributed by atoms with Crippen LogP contribution in [0.2, 0.25) is 0 Å². The van der Waals surface area contributed by atoms with Gasteiger partial charge in [0.15, 0.2) is 0 Å². The zero-order valence-corrected chi connectivity index (χ0v) is 4.33. The van der Waals surface area contributed by atoms with Gasteiger partial charge in [0.25, 0.3) is 0 Å². The second-order valence-electron chi connectivity index (χ2n) is 0. The summed E-state index contributed by atoms with van der Waals surface area (Å²) >= 11 is 0. The zero-order chi connectivity index (χ0) is 0. The standard InChI is InChI=1S/Ba.Bi.K.O.3H. The fourth-order valence-electron chi connectivity index (χ4n) is 0. The number of rotatable bonds is 0. The maximum atomic E-state index is 0. The first-order chi connectivity index (χ1) is 0. The maximum absolute atomic E-state index is 0. The predicted octanol–water partition coefficient (Wildman–Crippen LogP) is -2.06. The van der Waals surface area contributed by atoms with Crippen LogP contribution in [0.3, 0.4) is 0 Å². The molecule has 0 saturated heterocycles. The average Bonchev–Trinajstić information content (AvgIpc) is 0. The minimum absolute atomic E-state index is 0. The molecule has 1 nitrogen and oxygen atoms in total. The second-order valence-corrected chi connectivity index (χ2v) is 0. The van der Waals surface area contributed by atoms with Gasteiger partial charge in [0.1, 0.15) is 0 Å². The summed E-state index contributed by atoms with van der Waals surface area (Å²) in [6, 6.07) is 0. The van der Waals surface area contributed by atoms with Gasteiger partial charge in [-0.2, -0.15) is 0 Å². The van der Waals surface area contributed by atoms with Crippen LogP contribution in [-0.2, 0) is 5.48 Å². The Hall–Kier alpha value is 4.05. The summed E-state index contributed by atoms with van der Waals surface area (Å²) in [5, 5.41) is 0. The molecule has 4 heavy (non-hydrogen) atoms. The minimum atomic E-state index is 0. The molecule has 0 atom stereocenters. The van der Waals surface area contributed by atoms with Crippen LogP contribution in [0.4, 0.5) is 0 Å². The van der Waals surface area contributed by atoms with Crippen LogP contribution in [0.25, 0.3) is 0 Å². The van der Waals surface area contributed by atoms with E-state index in [2.05, 4.69) is 0 Å². The molecule has 0 N–H and O–H groups in total. The van der Waals surface area contributed by atoms with Crippen LogP contribution < -0.4 is 0 Å². The third-order valence-corrected chi connectivity index (χ3v) is 0. The van der Waals surface area contributed by atoms with Crippen LogP contribution >= 0.6 is 0 Å². The normalized spacial score (nSPS) is 0. The summed E-state index contributed by atoms with van der Waals surface area (Å²) in [6.45, 7) is 0. The van der Waals surface area contributed by atoms with E-state index in [0.29, 0.717) is 0 Å². The third-order valence-electron chi connectivity index (χ3n) is 0. The molecule has 0 aliphatic heterocycles. The molecular formula is H3BaBiKO. The zero-order valence-electron chi connectivity index (χ0n) is 0.855. The molecule has 0 spiro atoms. The largest absolute Gasteiger partial charge is 0 e. The summed E-state index contributed by atoms with van der Waals surface area (Å²) < 4.78 is 0. The molecule has 0 saturated carbocycles. The maximum Gasteiger partial charge on any atom is 0 e. The Labute approximate surface area is 128 Å². The molecule has 0 bridgehead atoms. The first-order valence-corrected chi connectivity index (χ1v) is 0. The molecule has 0 amide bonds. The second kappa shape index (κ2) is 15.7. The van der Waals surface area contributed by atoms with Gasteiger partial charge in [0.2, 0.25) is 0 Å². The Kier molecular flexibility index (Phi) is 95.9. The van der Waals surface area contributed by atoms with Gasteiger partial charge in [-0.05, 0) is 0 Å². The van der Waals surface area contributed by atoms with Crippen molar-refractivity contribution in [2.24, 2.45) is 0 Å². The molecule has 0 aromatic carbocycles. The molecule has 0 heterocycles. The fraction of sp³-hybridized carbons (Fsp3) is 0. The Bertz CT molecular complexity index is 8.00. The SMILES string of the molecule is [BaH2].[Bi].[KH].[O]. The van der Waals surface area contributed by atoms with E-state index in [1.54, 1.807) is 0 Å². The topological polar surface area (TPSA) is 28.5 Å². The van der Waals surface area contributed by atoms with E-state index in [9.17, 15) is 0 Å². The van der Waals surface area contributed by atoms with Crippen molar-refractivity contribution in [3.63, 3.8) is 0 Å². The van der Waals surface area contributed by atoms with Gasteiger partial charge in [-0.25, -0.2) is 0 Å². The molecule has 0 aliphatic rings. The van der Waals surface area contributed by atoms with Gasteiger partial charge in [-0.3, -0.25) is 0 Å². The molecular weight excluding hydrogens is 401 g/mol. The van der Waals surface area contributed by atoms with Gasteiger partial charge >= 0.3 is 100 Å². The molecule has 0 unspecified atom stereocenters. The fourth-order valence-corrected chi connectivity index (χ4v) is 0. The number of hydrogen-bond donors (Lipinski definition) is 0. The van der Waals surface area contributed by atoms with Gasteiger partial charge in [-0.1, -0.05) is 0 Å². The molecule has 0 aromatic heterocycles. The van der Waals surface area contributed by atoms with Crippen molar-refractivity contribution in [1.82, 2.24) is 0 Å². The molecule has 5 radical (unpaired) electrons. The van der Waals surface area contributed by atoms with E-state index in [4.69, 9.17) is 0 Å². The van der Waals surface area contributed by atoms with Crippen LogP contribution in [0, 0.1) is 0 Å². The Morgan fingerprint density at radius 3 is 1.00 bits per heavy atom. The van der Waals surface area contributed by atoms with Gasteiger partial charge in [-0.15, -0.1) is 0 Å². The summed E-state index contributed by atoms with van der Waals surface area (Å²) in [6.07, 6.45) is 0. The minimum Gasteiger partial charge on any atom is 0 e. The number of hydrogen-bond acceptors (Lipinski definition) is 0. The van der Waals surface area contributed by atoms with Crippen LogP contribution in [-0.4, -0.2) is 126 Å². The van der Waals surface area contributed by atoms with E-state index < -0.39 is 0 Å². The van der Waals surface area contributed by atoms with E-state index in [1.165, 1.54) is 0 Å². The van der Waals surface area contributed by atoms with Crippen molar-refractivity contribution >= 4 is 126 Å². The molecule has 0 aliphatic carbocycles. The molecule has 0 aromatic rings. The Balaban J connectivity index is 0. The smallest absolute Gasteiger partial charge is 0 e. The van der Waals surface area contributed by atoms with Crippen molar-refractivity contribution in [3.05, 3.63) is 0 Å².